The van der Waals surface area contributed by atoms with Gasteiger partial charge in [-0.15, -0.1) is 0 Å². The molecular weight excluding hydrogens is 1050 g/mol. The van der Waals surface area contributed by atoms with Crippen LogP contribution in [0.2, 0.25) is 0 Å². The SMILES string of the molecule is CC[C@H](C)[C@H](NC(=O)[C@H](COP(=O)(O)O)NC(=O)[C@H](CC(C)C)NC(=O)[C@H](CCCN=C(N)N)NC(=O)[C@@H](N)CCCN=C(N)N)C(=O)N[C@@H](CO)C(=O)N[C@H](C(=O)N[C@@H](CCC(=O)O)C(=O)N[C@@H](CO)C(=O)O)[C@@H](C)O. The quantitative estimate of drug-likeness (QED) is 0.0118. The molecule has 11 atom stereocenters. The van der Waals surface area contributed by atoms with Gasteiger partial charge in [0.25, 0.3) is 0 Å². The molecule has 25 N–H and O–H groups in total. The van der Waals surface area contributed by atoms with Gasteiger partial charge in [-0.1, -0.05) is 34.1 Å². The predicted molar refractivity (Wildman–Crippen MR) is 271 cm³/mol. The van der Waals surface area contributed by atoms with Crippen molar-refractivity contribution in [3.8, 4) is 0 Å². The molecule has 0 saturated heterocycles. The Balaban J connectivity index is 6.69. The molecule has 0 aromatic rings. The average molecular weight is 1130 g/mol. The third kappa shape index (κ3) is 28.8. The minimum atomic E-state index is -5.38. The van der Waals surface area contributed by atoms with Crippen LogP contribution in [0.5, 0.6) is 0 Å². The number of carbonyl (C=O) groups is 10. The highest BCUT2D eigenvalue weighted by molar-refractivity contribution is 7.46. The summed E-state index contributed by atoms with van der Waals surface area (Å²) in [5.41, 5.74) is 27.5. The maximum Gasteiger partial charge on any atom is 0.469 e. The second-order valence-corrected chi connectivity index (χ2v) is 19.3. The molecule has 34 nitrogen and oxygen atoms in total. The number of carboxylic acids is 2. The zero-order valence-electron chi connectivity index (χ0n) is 43.4. The van der Waals surface area contributed by atoms with Gasteiger partial charge in [-0.3, -0.25) is 57.7 Å². The predicted octanol–water partition coefficient (Wildman–Crippen LogP) is -8.18. The second-order valence-electron chi connectivity index (χ2n) is 18.0. The number of nitrogens with zero attached hydrogens (tertiary/aromatic N) is 2. The maximum atomic E-state index is 14.0. The van der Waals surface area contributed by atoms with Gasteiger partial charge in [0.2, 0.25) is 47.3 Å². The topological polar surface area (TPSA) is 590 Å². The lowest BCUT2D eigenvalue weighted by atomic mass is 9.97. The van der Waals surface area contributed by atoms with E-state index in [0.29, 0.717) is 6.42 Å². The number of guanidine groups is 2. The Morgan fingerprint density at radius 2 is 0.974 bits per heavy atom. The molecule has 0 aromatic carbocycles. The Morgan fingerprint density at radius 3 is 1.44 bits per heavy atom. The number of hydrogen-bond acceptors (Lipinski definition) is 18. The van der Waals surface area contributed by atoms with Crippen LogP contribution in [-0.4, -0.2) is 200 Å². The Kier molecular flexibility index (Phi) is 32.4. The van der Waals surface area contributed by atoms with E-state index >= 15 is 0 Å². The van der Waals surface area contributed by atoms with Crippen LogP contribution in [0.1, 0.15) is 86.0 Å². The third-order valence-corrected chi connectivity index (χ3v) is 11.5. The van der Waals surface area contributed by atoms with Crippen LogP contribution in [-0.2, 0) is 57.0 Å². The Hall–Kier alpha value is -6.81. The van der Waals surface area contributed by atoms with Crippen molar-refractivity contribution in [3.63, 3.8) is 0 Å². The van der Waals surface area contributed by atoms with Gasteiger partial charge in [-0.25, -0.2) is 9.36 Å². The average Bonchev–Trinajstić information content (AvgIpc) is 3.33. The Labute approximate surface area is 442 Å². The van der Waals surface area contributed by atoms with Crippen LogP contribution in [0.15, 0.2) is 9.98 Å². The van der Waals surface area contributed by atoms with Crippen LogP contribution < -0.4 is 71.2 Å². The molecule has 0 spiro atoms. The lowest BCUT2D eigenvalue weighted by molar-refractivity contribution is -0.144. The van der Waals surface area contributed by atoms with E-state index < -0.39 is 166 Å². The second kappa shape index (κ2) is 35.5. The molecule has 0 aliphatic heterocycles. The largest absolute Gasteiger partial charge is 0.481 e. The van der Waals surface area contributed by atoms with Crippen molar-refractivity contribution in [3.05, 3.63) is 0 Å². The van der Waals surface area contributed by atoms with Crippen molar-refractivity contribution < 1.29 is 92.4 Å². The lowest BCUT2D eigenvalue weighted by Crippen LogP contribution is -2.63. The smallest absolute Gasteiger partial charge is 0.469 e. The van der Waals surface area contributed by atoms with Crippen molar-refractivity contribution in [1.82, 2.24) is 42.5 Å². The van der Waals surface area contributed by atoms with Crippen LogP contribution in [0, 0.1) is 11.8 Å². The minimum Gasteiger partial charge on any atom is -0.481 e. The Bertz CT molecular complexity index is 2110. The monoisotopic (exact) mass is 1130 g/mol. The molecule has 0 aliphatic rings. The summed E-state index contributed by atoms with van der Waals surface area (Å²) in [6.07, 6.45) is -2.73. The molecule has 0 aromatic heterocycles. The van der Waals surface area contributed by atoms with Crippen LogP contribution in [0.3, 0.4) is 0 Å². The van der Waals surface area contributed by atoms with Gasteiger partial charge in [0.05, 0.1) is 32.0 Å². The molecular formula is C42H78N15O19P. The zero-order chi connectivity index (χ0) is 59.3. The molecule has 0 unspecified atom stereocenters. The first kappa shape index (κ1) is 70.2. The molecule has 35 heteroatoms. The fraction of sp³-hybridized carbons (Fsp3) is 0.714. The number of carboxylic acid groups (broad SMARTS) is 2. The van der Waals surface area contributed by atoms with Gasteiger partial charge < -0.3 is 107 Å². The standard InChI is InChI=1S/C42H78N15O19P/c1-6-20(4)30(38(69)53-26(16-58)36(67)57-31(21(5)60)39(70)51-24(11-12-29(61)62)34(65)54-27(17-59)40(71)72)56-37(68)28(18-76-77(73,74)75)55-35(66)25(15-19(2)3)52-33(64)23(10-8-14-49-42(46)47)50-32(63)22(43)9-7-13-48-41(44)45/h19-28,30-31,58-60H,6-18,43H2,1-5H3,(H,50,63)(H,51,70)(H,52,64)(H,53,69)(H,54,65)(H,55,66)(H,56,68)(H,57,67)(H,61,62)(H,71,72)(H4,44,45,48)(H4,46,47,49)(H2,73,74,75)/t20-,21+,22-,23-,24-,25-,26-,27-,28-,30-,31-/m0/s1. The summed E-state index contributed by atoms with van der Waals surface area (Å²) in [4.78, 5) is 158. The van der Waals surface area contributed by atoms with Crippen molar-refractivity contribution >= 4 is 78.9 Å². The van der Waals surface area contributed by atoms with Crippen LogP contribution >= 0.6 is 7.82 Å². The fourth-order valence-electron chi connectivity index (χ4n) is 6.63. The van der Waals surface area contributed by atoms with E-state index in [-0.39, 0.29) is 63.0 Å². The molecule has 0 bridgehead atoms. The molecule has 0 fully saturated rings. The van der Waals surface area contributed by atoms with Gasteiger partial charge in [0, 0.05) is 19.5 Å². The number of carbonyl (C=O) groups excluding carboxylic acids is 8. The zero-order valence-corrected chi connectivity index (χ0v) is 44.3. The normalized spacial score (nSPS) is 15.6. The van der Waals surface area contributed by atoms with E-state index in [1.807, 2.05) is 5.32 Å². The fourth-order valence-corrected chi connectivity index (χ4v) is 6.97. The highest BCUT2D eigenvalue weighted by atomic mass is 31.2. The number of nitrogens with one attached hydrogen (secondary N) is 8. The molecule has 77 heavy (non-hydrogen) atoms. The van der Waals surface area contributed by atoms with E-state index in [4.69, 9.17) is 33.8 Å². The summed E-state index contributed by atoms with van der Waals surface area (Å²) in [5, 5.41) is 66.2. The first-order chi connectivity index (χ1) is 35.8. The molecule has 440 valence electrons. The number of rotatable bonds is 38. The number of aliphatic imine (C=N–C) groups is 2. The highest BCUT2D eigenvalue weighted by Crippen LogP contribution is 2.35. The number of nitrogens with two attached hydrogens (primary N) is 5. The molecule has 0 heterocycles. The van der Waals surface area contributed by atoms with E-state index in [9.17, 15) is 82.7 Å². The van der Waals surface area contributed by atoms with Crippen molar-refractivity contribution in [2.24, 2.45) is 50.5 Å². The van der Waals surface area contributed by atoms with Crippen molar-refractivity contribution in [1.29, 1.82) is 0 Å². The van der Waals surface area contributed by atoms with E-state index in [1.54, 1.807) is 20.8 Å². The molecule has 0 rings (SSSR count). The van der Waals surface area contributed by atoms with Gasteiger partial charge in [-0.05, 0) is 57.3 Å². The molecule has 8 amide bonds. The van der Waals surface area contributed by atoms with Crippen molar-refractivity contribution in [2.45, 2.75) is 146 Å². The summed E-state index contributed by atoms with van der Waals surface area (Å²) >= 11 is 0. The van der Waals surface area contributed by atoms with E-state index in [0.717, 1.165) is 6.92 Å². The summed E-state index contributed by atoms with van der Waals surface area (Å²) in [6, 6.07) is -15.3. The van der Waals surface area contributed by atoms with Gasteiger partial charge in [0.15, 0.2) is 11.9 Å². The summed E-state index contributed by atoms with van der Waals surface area (Å²) in [6.45, 7) is 4.03. The molecule has 0 aliphatic carbocycles. The Morgan fingerprint density at radius 1 is 0.558 bits per heavy atom. The number of phosphoric acid groups is 1. The number of phosphoric ester groups is 1. The number of aliphatic hydroxyl groups is 3. The number of amides is 8. The van der Waals surface area contributed by atoms with Crippen molar-refractivity contribution in [2.75, 3.05) is 32.9 Å². The number of aliphatic hydroxyl groups excluding tert-OH is 3. The first-order valence-electron chi connectivity index (χ1n) is 24.1. The number of aliphatic carboxylic acids is 2. The van der Waals surface area contributed by atoms with Crippen LogP contribution in [0.25, 0.3) is 0 Å². The van der Waals surface area contributed by atoms with Gasteiger partial charge in [-0.2, -0.15) is 0 Å². The summed E-state index contributed by atoms with van der Waals surface area (Å²) < 4.78 is 16.4. The van der Waals surface area contributed by atoms with E-state index in [1.165, 1.54) is 6.92 Å². The lowest BCUT2D eigenvalue weighted by Gasteiger charge is -2.30. The maximum absolute atomic E-state index is 14.0. The molecule has 0 saturated carbocycles. The number of hydrogen-bond donors (Lipinski definition) is 20. The third-order valence-electron chi connectivity index (χ3n) is 11.0. The minimum absolute atomic E-state index is 0.0277. The molecule has 0 radical (unpaired) electrons. The van der Waals surface area contributed by atoms with Gasteiger partial charge in [0.1, 0.15) is 48.3 Å². The summed E-state index contributed by atoms with van der Waals surface area (Å²) in [7, 11) is -5.38. The van der Waals surface area contributed by atoms with Gasteiger partial charge >= 0.3 is 19.8 Å². The highest BCUT2D eigenvalue weighted by Gasteiger charge is 2.38. The van der Waals surface area contributed by atoms with E-state index in [2.05, 4.69) is 51.7 Å². The first-order valence-corrected chi connectivity index (χ1v) is 25.6. The van der Waals surface area contributed by atoms with Crippen LogP contribution in [0.4, 0.5) is 0 Å². The summed E-state index contributed by atoms with van der Waals surface area (Å²) in [5.74, 6) is -13.9.